The average molecular weight is 264 g/mol. The van der Waals surface area contributed by atoms with Crippen LogP contribution in [0.2, 0.25) is 0 Å². The lowest BCUT2D eigenvalue weighted by Crippen LogP contribution is -2.49. The van der Waals surface area contributed by atoms with Gasteiger partial charge in [-0.15, -0.1) is 14.8 Å². The molecule has 1 saturated heterocycles. The van der Waals surface area contributed by atoms with Gasteiger partial charge in [-0.1, -0.05) is 5.16 Å². The molecule has 1 aliphatic heterocycles. The van der Waals surface area contributed by atoms with Crippen molar-refractivity contribution in [3.8, 4) is 0 Å². The summed E-state index contributed by atoms with van der Waals surface area (Å²) in [7, 11) is 0. The molecule has 0 bridgehead atoms. The van der Waals surface area contributed by atoms with Crippen LogP contribution in [0.15, 0.2) is 17.3 Å². The van der Waals surface area contributed by atoms with Gasteiger partial charge < -0.3 is 20.6 Å². The summed E-state index contributed by atoms with van der Waals surface area (Å²) in [4.78, 5) is 1.97. The molecule has 10 heteroatoms. The van der Waals surface area contributed by atoms with Crippen molar-refractivity contribution < 1.29 is 9.94 Å². The molecule has 1 aliphatic rings. The Hall–Kier alpha value is -2.49. The standard InChI is InChI=1S/C9H12N8O2/c10-9(13-18)6-5-16(3-4-19-6)8-2-1-7-11-14-15-17(7)12-8/h1-2,6,18H,3-5H2,(H2,10,13). The van der Waals surface area contributed by atoms with Crippen molar-refractivity contribution >= 4 is 17.3 Å². The van der Waals surface area contributed by atoms with Crippen LogP contribution in [0.4, 0.5) is 5.82 Å². The highest BCUT2D eigenvalue weighted by atomic mass is 16.5. The number of fused-ring (bicyclic) bond motifs is 1. The largest absolute Gasteiger partial charge is 0.409 e. The third-order valence-corrected chi connectivity index (χ3v) is 2.89. The number of nitrogens with two attached hydrogens (primary N) is 1. The summed E-state index contributed by atoms with van der Waals surface area (Å²) < 4.78 is 6.77. The maximum atomic E-state index is 8.68. The maximum absolute atomic E-state index is 8.68. The summed E-state index contributed by atoms with van der Waals surface area (Å²) in [5.41, 5.74) is 6.13. The van der Waals surface area contributed by atoms with Gasteiger partial charge in [-0.25, -0.2) is 0 Å². The Labute approximate surface area is 107 Å². The van der Waals surface area contributed by atoms with Crippen LogP contribution in [0.25, 0.3) is 5.65 Å². The smallest absolute Gasteiger partial charge is 0.200 e. The molecular weight excluding hydrogens is 252 g/mol. The lowest BCUT2D eigenvalue weighted by atomic mass is 10.2. The average Bonchev–Trinajstić information content (AvgIpc) is 2.94. The molecule has 2 aromatic rings. The van der Waals surface area contributed by atoms with Gasteiger partial charge in [0.05, 0.1) is 13.2 Å². The summed E-state index contributed by atoms with van der Waals surface area (Å²) in [6, 6.07) is 3.59. The van der Waals surface area contributed by atoms with Crippen LogP contribution in [0.1, 0.15) is 0 Å². The third-order valence-electron chi connectivity index (χ3n) is 2.89. The van der Waals surface area contributed by atoms with Gasteiger partial charge in [0.2, 0.25) is 0 Å². The van der Waals surface area contributed by atoms with Gasteiger partial charge in [0.15, 0.2) is 17.3 Å². The number of nitrogens with zero attached hydrogens (tertiary/aromatic N) is 7. The second-order valence-corrected chi connectivity index (χ2v) is 4.05. The van der Waals surface area contributed by atoms with E-state index in [2.05, 4.69) is 25.8 Å². The van der Waals surface area contributed by atoms with E-state index in [1.165, 1.54) is 4.63 Å². The summed E-state index contributed by atoms with van der Waals surface area (Å²) in [6.07, 6.45) is -0.454. The van der Waals surface area contributed by atoms with Crippen molar-refractivity contribution in [2.45, 2.75) is 6.10 Å². The van der Waals surface area contributed by atoms with Crippen LogP contribution >= 0.6 is 0 Å². The van der Waals surface area contributed by atoms with Gasteiger partial charge in [0.1, 0.15) is 6.10 Å². The molecule has 0 saturated carbocycles. The fourth-order valence-electron chi connectivity index (χ4n) is 1.91. The molecule has 3 rings (SSSR count). The number of ether oxygens (including phenoxy) is 1. The quantitative estimate of drug-likeness (QED) is 0.289. The molecule has 19 heavy (non-hydrogen) atoms. The first-order valence-corrected chi connectivity index (χ1v) is 5.67. The number of hydrogen-bond donors (Lipinski definition) is 2. The minimum atomic E-state index is -0.454. The molecule has 0 amide bonds. The molecule has 0 aliphatic carbocycles. The highest BCUT2D eigenvalue weighted by molar-refractivity contribution is 5.85. The molecule has 3 N–H and O–H groups in total. The number of tetrazole rings is 1. The van der Waals surface area contributed by atoms with Gasteiger partial charge in [-0.05, 0) is 22.6 Å². The molecular formula is C9H12N8O2. The van der Waals surface area contributed by atoms with Crippen LogP contribution in [-0.2, 0) is 4.74 Å². The predicted octanol–water partition coefficient (Wildman–Crippen LogP) is -1.53. The zero-order valence-electron chi connectivity index (χ0n) is 9.92. The highest BCUT2D eigenvalue weighted by Gasteiger charge is 2.25. The van der Waals surface area contributed by atoms with Crippen LogP contribution in [0.5, 0.6) is 0 Å². The number of hydrogen-bond acceptors (Lipinski definition) is 8. The van der Waals surface area contributed by atoms with Gasteiger partial charge in [-0.3, -0.25) is 0 Å². The SMILES string of the molecule is NC(=NO)C1CN(c2ccc3nnnn3n2)CCO1. The first kappa shape index (κ1) is 11.6. The lowest BCUT2D eigenvalue weighted by molar-refractivity contribution is 0.0803. The van der Waals surface area contributed by atoms with Crippen molar-refractivity contribution in [3.63, 3.8) is 0 Å². The number of anilines is 1. The molecule has 2 aromatic heterocycles. The summed E-state index contributed by atoms with van der Waals surface area (Å²) >= 11 is 0. The second kappa shape index (κ2) is 4.65. The Morgan fingerprint density at radius 3 is 3.26 bits per heavy atom. The molecule has 0 spiro atoms. The van der Waals surface area contributed by atoms with Crippen LogP contribution in [-0.4, -0.2) is 62.1 Å². The topological polar surface area (TPSA) is 127 Å². The van der Waals surface area contributed by atoms with E-state index in [1.54, 1.807) is 6.07 Å². The number of amidine groups is 1. The Kier molecular flexibility index (Phi) is 2.83. The van der Waals surface area contributed by atoms with E-state index in [4.69, 9.17) is 15.7 Å². The second-order valence-electron chi connectivity index (χ2n) is 4.05. The first-order valence-electron chi connectivity index (χ1n) is 5.67. The molecule has 100 valence electrons. The highest BCUT2D eigenvalue weighted by Crippen LogP contribution is 2.15. The number of oxime groups is 1. The fraction of sp³-hybridized carbons (Fsp3) is 0.444. The van der Waals surface area contributed by atoms with Gasteiger partial charge in [-0.2, -0.15) is 0 Å². The molecule has 1 atom stereocenters. The monoisotopic (exact) mass is 264 g/mol. The van der Waals surface area contributed by atoms with Crippen molar-refractivity contribution in [2.75, 3.05) is 24.6 Å². The zero-order chi connectivity index (χ0) is 13.2. The van der Waals surface area contributed by atoms with Crippen LogP contribution < -0.4 is 10.6 Å². The maximum Gasteiger partial charge on any atom is 0.200 e. The summed E-state index contributed by atoms with van der Waals surface area (Å²) in [5.74, 6) is 0.757. The minimum absolute atomic E-state index is 0.0493. The van der Waals surface area contributed by atoms with E-state index in [0.29, 0.717) is 31.2 Å². The Balaban J connectivity index is 1.84. The van der Waals surface area contributed by atoms with Crippen LogP contribution in [0, 0.1) is 0 Å². The summed E-state index contributed by atoms with van der Waals surface area (Å²) in [6.45, 7) is 1.59. The molecule has 3 heterocycles. The molecule has 0 aromatic carbocycles. The number of rotatable bonds is 2. The minimum Gasteiger partial charge on any atom is -0.409 e. The molecule has 1 unspecified atom stereocenters. The molecule has 10 nitrogen and oxygen atoms in total. The normalized spacial score (nSPS) is 20.9. The molecule has 1 fully saturated rings. The van der Waals surface area contributed by atoms with E-state index in [0.717, 1.165) is 0 Å². The Morgan fingerprint density at radius 2 is 2.42 bits per heavy atom. The summed E-state index contributed by atoms with van der Waals surface area (Å²) in [5, 5.41) is 27.0. The van der Waals surface area contributed by atoms with Crippen LogP contribution in [0.3, 0.4) is 0 Å². The molecule has 0 radical (unpaired) electrons. The predicted molar refractivity (Wildman–Crippen MR) is 63.9 cm³/mol. The fourth-order valence-corrected chi connectivity index (χ4v) is 1.91. The van der Waals surface area contributed by atoms with Crippen molar-refractivity contribution in [2.24, 2.45) is 10.9 Å². The Morgan fingerprint density at radius 1 is 1.53 bits per heavy atom. The first-order chi connectivity index (χ1) is 9.28. The van der Waals surface area contributed by atoms with Crippen molar-refractivity contribution in [3.05, 3.63) is 12.1 Å². The lowest BCUT2D eigenvalue weighted by Gasteiger charge is -2.32. The van der Waals surface area contributed by atoms with Gasteiger partial charge >= 0.3 is 0 Å². The van der Waals surface area contributed by atoms with Crippen molar-refractivity contribution in [1.82, 2.24) is 25.3 Å². The van der Waals surface area contributed by atoms with Crippen molar-refractivity contribution in [1.29, 1.82) is 0 Å². The van der Waals surface area contributed by atoms with Gasteiger partial charge in [0, 0.05) is 6.54 Å². The van der Waals surface area contributed by atoms with E-state index < -0.39 is 6.10 Å². The Bertz CT molecular complexity index is 611. The number of morpholine rings is 1. The van der Waals surface area contributed by atoms with Gasteiger partial charge in [0.25, 0.3) is 0 Å². The van der Waals surface area contributed by atoms with E-state index >= 15 is 0 Å². The van der Waals surface area contributed by atoms with E-state index in [1.807, 2.05) is 11.0 Å². The number of aromatic nitrogens is 5. The zero-order valence-corrected chi connectivity index (χ0v) is 9.92. The third kappa shape index (κ3) is 2.12. The van der Waals surface area contributed by atoms with E-state index in [9.17, 15) is 0 Å². The van der Waals surface area contributed by atoms with E-state index in [-0.39, 0.29) is 5.84 Å².